The summed E-state index contributed by atoms with van der Waals surface area (Å²) in [7, 11) is 0. The van der Waals surface area contributed by atoms with Gasteiger partial charge in [0.1, 0.15) is 0 Å². The third-order valence-corrected chi connectivity index (χ3v) is 6.04. The fraction of sp³-hybridized carbons (Fsp3) is 0.909. The van der Waals surface area contributed by atoms with Crippen molar-refractivity contribution in [1.82, 2.24) is 0 Å². The van der Waals surface area contributed by atoms with Crippen LogP contribution in [0.1, 0.15) is 52.9 Å². The molecule has 0 N–H and O–H groups in total. The fourth-order valence-corrected chi connectivity index (χ4v) is 5.08. The quantitative estimate of drug-likeness (QED) is 0.329. The van der Waals surface area contributed by atoms with Crippen LogP contribution in [0.25, 0.3) is 0 Å². The molecule has 0 rings (SSSR count). The zero-order valence-corrected chi connectivity index (χ0v) is 14.0. The van der Waals surface area contributed by atoms with E-state index in [0.29, 0.717) is 6.42 Å². The van der Waals surface area contributed by atoms with Crippen molar-refractivity contribution in [3.8, 4) is 0 Å². The van der Waals surface area contributed by atoms with Crippen LogP contribution in [-0.4, -0.2) is 27.1 Å². The van der Waals surface area contributed by atoms with E-state index >= 15 is 0 Å². The molecule has 88 valence electrons. The van der Waals surface area contributed by atoms with Gasteiger partial charge in [0.25, 0.3) is 0 Å². The minimum absolute atomic E-state index is 0.149. The van der Waals surface area contributed by atoms with Gasteiger partial charge >= 0.3 is 75.5 Å². The van der Waals surface area contributed by atoms with Crippen molar-refractivity contribution in [2.75, 3.05) is 0 Å². The van der Waals surface area contributed by atoms with E-state index < -0.39 is 0 Å². The molecule has 0 amide bonds. The molecule has 2 nitrogen and oxygen atoms in total. The predicted molar refractivity (Wildman–Crippen MR) is 70.6 cm³/mol. The van der Waals surface area contributed by atoms with Gasteiger partial charge in [0.15, 0.2) is 0 Å². The standard InChI is InChI=1S/2C4H9.C3H6O2S.Sn/c2*1-3-4-2;1-2-3(4)5-6;/h2*1,3-4H2,2H3;6H,2H2,1H3;/q;;;+2. The average Bonchev–Trinajstić information content (AvgIpc) is 2.29. The van der Waals surface area contributed by atoms with Gasteiger partial charge in [-0.3, -0.25) is 4.79 Å². The third-order valence-electron chi connectivity index (χ3n) is 1.80. The van der Waals surface area contributed by atoms with E-state index in [2.05, 4.69) is 30.9 Å². The second kappa shape index (κ2) is 17.0. The number of carbonyl (C=O) groups is 1. The van der Waals surface area contributed by atoms with Gasteiger partial charge in [0.2, 0.25) is 0 Å². The van der Waals surface area contributed by atoms with E-state index in [9.17, 15) is 4.79 Å². The van der Waals surface area contributed by atoms with Crippen LogP contribution in [0.15, 0.2) is 0 Å². The molecule has 0 saturated carbocycles. The number of hydrogen-bond acceptors (Lipinski definition) is 3. The summed E-state index contributed by atoms with van der Waals surface area (Å²) in [6.07, 6.45) is 6.23. The number of hydrogen-bond donors (Lipinski definition) is 1. The van der Waals surface area contributed by atoms with Gasteiger partial charge in [-0.2, -0.15) is 0 Å². The summed E-state index contributed by atoms with van der Waals surface area (Å²) < 4.78 is 7.20. The molecule has 15 heavy (non-hydrogen) atoms. The SMILES string of the molecule is CCC(=O)OS.CCC[CH2][Sn+2][CH2]CCC. The van der Waals surface area contributed by atoms with Gasteiger partial charge in [-0.25, -0.2) is 0 Å². The maximum atomic E-state index is 9.88. The average molecular weight is 339 g/mol. The van der Waals surface area contributed by atoms with E-state index in [4.69, 9.17) is 0 Å². The van der Waals surface area contributed by atoms with Crippen LogP contribution in [0.5, 0.6) is 0 Å². The Balaban J connectivity index is 0. The van der Waals surface area contributed by atoms with Crippen LogP contribution in [0.4, 0.5) is 0 Å². The Morgan fingerprint density at radius 3 is 1.80 bits per heavy atom. The number of rotatable bonds is 7. The minimum atomic E-state index is -0.293. The molecule has 0 heterocycles. The van der Waals surface area contributed by atoms with Gasteiger partial charge in [-0.1, -0.05) is 6.92 Å². The van der Waals surface area contributed by atoms with Crippen molar-refractivity contribution >= 4 is 40.0 Å². The summed E-state index contributed by atoms with van der Waals surface area (Å²) in [6, 6.07) is 0. The van der Waals surface area contributed by atoms with Crippen LogP contribution in [0.3, 0.4) is 0 Å². The first-order valence-corrected chi connectivity index (χ1v) is 10.2. The van der Waals surface area contributed by atoms with Gasteiger partial charge in [0, 0.05) is 19.3 Å². The Morgan fingerprint density at radius 1 is 1.13 bits per heavy atom. The van der Waals surface area contributed by atoms with Crippen molar-refractivity contribution in [2.24, 2.45) is 0 Å². The summed E-state index contributed by atoms with van der Waals surface area (Å²) in [5.41, 5.74) is 0. The maximum absolute atomic E-state index is 9.88. The summed E-state index contributed by atoms with van der Waals surface area (Å²) in [5, 5.41) is 0. The van der Waals surface area contributed by atoms with Crippen LogP contribution >= 0.6 is 12.9 Å². The van der Waals surface area contributed by atoms with Crippen molar-refractivity contribution in [3.05, 3.63) is 0 Å². The van der Waals surface area contributed by atoms with Gasteiger partial charge in [0.05, 0.1) is 0 Å². The molecule has 0 bridgehead atoms. The molecule has 0 aliphatic carbocycles. The number of carbonyl (C=O) groups excluding carboxylic acids is 1. The molecule has 0 spiro atoms. The molecule has 0 fully saturated rings. The molecule has 0 aromatic carbocycles. The topological polar surface area (TPSA) is 26.3 Å². The first-order valence-electron chi connectivity index (χ1n) is 5.77. The van der Waals surface area contributed by atoms with Crippen molar-refractivity contribution in [3.63, 3.8) is 0 Å². The van der Waals surface area contributed by atoms with Crippen molar-refractivity contribution in [2.45, 2.75) is 61.7 Å². The van der Waals surface area contributed by atoms with Crippen LogP contribution in [0.2, 0.25) is 8.87 Å². The van der Waals surface area contributed by atoms with Crippen LogP contribution in [-0.2, 0) is 8.98 Å². The zero-order valence-electron chi connectivity index (χ0n) is 10.2. The Kier molecular flexibility index (Phi) is 20.4. The Labute approximate surface area is 110 Å². The molecule has 0 saturated heterocycles. The molecule has 0 aromatic rings. The Bertz CT molecular complexity index is 120. The molecule has 0 radical (unpaired) electrons. The van der Waals surface area contributed by atoms with E-state index in [1.54, 1.807) is 15.8 Å². The summed E-state index contributed by atoms with van der Waals surface area (Å²) in [6.45, 7) is 6.29. The molecular weight excluding hydrogens is 315 g/mol. The molecule has 0 aliphatic rings. The zero-order chi connectivity index (χ0) is 11.9. The Hall–Kier alpha value is 0.619. The van der Waals surface area contributed by atoms with Gasteiger partial charge < -0.3 is 4.18 Å². The summed E-state index contributed by atoms with van der Waals surface area (Å²) in [5.74, 6) is -0.293. The normalized spacial score (nSPS) is 8.53. The second-order valence-corrected chi connectivity index (χ2v) is 7.74. The monoisotopic (exact) mass is 340 g/mol. The summed E-state index contributed by atoms with van der Waals surface area (Å²) in [4.78, 5) is 9.88. The first-order chi connectivity index (χ1) is 7.22. The molecule has 0 aliphatic heterocycles. The number of thiol groups is 1. The van der Waals surface area contributed by atoms with Crippen molar-refractivity contribution < 1.29 is 8.98 Å². The van der Waals surface area contributed by atoms with Crippen LogP contribution in [0, 0.1) is 0 Å². The van der Waals surface area contributed by atoms with E-state index in [0.717, 1.165) is 0 Å². The molecule has 0 unspecified atom stereocenters. The first kappa shape index (κ1) is 18.0. The fourth-order valence-electron chi connectivity index (χ4n) is 0.793. The Morgan fingerprint density at radius 2 is 1.60 bits per heavy atom. The van der Waals surface area contributed by atoms with E-state index in [-0.39, 0.29) is 27.1 Å². The molecule has 4 heteroatoms. The van der Waals surface area contributed by atoms with E-state index in [1.807, 2.05) is 0 Å². The van der Waals surface area contributed by atoms with Crippen LogP contribution < -0.4 is 0 Å². The molecular formula is C11H24O2SSn+2. The predicted octanol–water partition coefficient (Wildman–Crippen LogP) is 3.91. The number of unbranched alkanes of at least 4 members (excludes halogenated alkanes) is 2. The molecule has 0 atom stereocenters. The van der Waals surface area contributed by atoms with Crippen molar-refractivity contribution in [1.29, 1.82) is 0 Å². The third kappa shape index (κ3) is 20.6. The molecule has 0 aromatic heterocycles. The van der Waals surface area contributed by atoms with Gasteiger partial charge in [-0.05, 0) is 0 Å². The van der Waals surface area contributed by atoms with Gasteiger partial charge in [-0.15, -0.1) is 0 Å². The summed E-state index contributed by atoms with van der Waals surface area (Å²) >= 11 is 3.40. The van der Waals surface area contributed by atoms with E-state index in [1.165, 1.54) is 25.7 Å². The second-order valence-electron chi connectivity index (χ2n) is 3.27.